The van der Waals surface area contributed by atoms with Gasteiger partial charge in [0.05, 0.1) is 0 Å². The molecule has 3 heteroatoms. The Hall–Kier alpha value is -2.58. The maximum atomic E-state index is 12.1. The first kappa shape index (κ1) is 14.4. The fourth-order valence-electron chi connectivity index (χ4n) is 2.18. The van der Waals surface area contributed by atoms with Crippen molar-refractivity contribution in [3.05, 3.63) is 89.4 Å². The van der Waals surface area contributed by atoms with Crippen molar-refractivity contribution in [1.29, 1.82) is 0 Å². The van der Waals surface area contributed by atoms with E-state index in [0.29, 0.717) is 10.6 Å². The summed E-state index contributed by atoms with van der Waals surface area (Å²) in [6.45, 7) is 0. The van der Waals surface area contributed by atoms with Crippen molar-refractivity contribution in [3.8, 4) is 11.1 Å². The molecule has 2 nitrogen and oxygen atoms in total. The van der Waals surface area contributed by atoms with Gasteiger partial charge in [0.15, 0.2) is 0 Å². The maximum Gasteiger partial charge on any atom is 0.255 e. The minimum absolute atomic E-state index is 0.149. The molecule has 0 bridgehead atoms. The maximum absolute atomic E-state index is 12.1. The van der Waals surface area contributed by atoms with Crippen LogP contribution >= 0.6 is 11.6 Å². The van der Waals surface area contributed by atoms with Crippen LogP contribution in [0, 0.1) is 0 Å². The molecule has 1 N–H and O–H groups in total. The average Bonchev–Trinajstić information content (AvgIpc) is 2.57. The highest BCUT2D eigenvalue weighted by atomic mass is 35.5. The molecule has 22 heavy (non-hydrogen) atoms. The second kappa shape index (κ2) is 6.46. The van der Waals surface area contributed by atoms with E-state index in [9.17, 15) is 4.79 Å². The van der Waals surface area contributed by atoms with Crippen LogP contribution in [-0.4, -0.2) is 5.91 Å². The van der Waals surface area contributed by atoms with Gasteiger partial charge in [-0.25, -0.2) is 0 Å². The van der Waals surface area contributed by atoms with Gasteiger partial charge in [0.25, 0.3) is 5.91 Å². The molecule has 0 unspecified atom stereocenters. The van der Waals surface area contributed by atoms with E-state index >= 15 is 0 Å². The summed E-state index contributed by atoms with van der Waals surface area (Å²) < 4.78 is 0. The van der Waals surface area contributed by atoms with Crippen LogP contribution < -0.4 is 5.32 Å². The third kappa shape index (κ3) is 3.35. The molecular weight excluding hydrogens is 294 g/mol. The molecule has 3 rings (SSSR count). The van der Waals surface area contributed by atoms with E-state index in [-0.39, 0.29) is 5.91 Å². The number of halogens is 1. The van der Waals surface area contributed by atoms with Gasteiger partial charge in [0.2, 0.25) is 0 Å². The van der Waals surface area contributed by atoms with Crippen LogP contribution in [0.5, 0.6) is 0 Å². The van der Waals surface area contributed by atoms with Crippen molar-refractivity contribution in [2.75, 3.05) is 5.32 Å². The average molecular weight is 308 g/mol. The normalized spacial score (nSPS) is 10.2. The Morgan fingerprint density at radius 1 is 0.727 bits per heavy atom. The van der Waals surface area contributed by atoms with Crippen LogP contribution in [0.2, 0.25) is 5.02 Å². The highest BCUT2D eigenvalue weighted by Gasteiger charge is 2.06. The van der Waals surface area contributed by atoms with Crippen LogP contribution in [0.3, 0.4) is 0 Å². The molecule has 0 aliphatic rings. The minimum Gasteiger partial charge on any atom is -0.322 e. The van der Waals surface area contributed by atoms with Crippen molar-refractivity contribution in [2.24, 2.45) is 0 Å². The molecule has 0 aliphatic carbocycles. The van der Waals surface area contributed by atoms with Crippen molar-refractivity contribution in [1.82, 2.24) is 0 Å². The third-order valence-corrected chi connectivity index (χ3v) is 3.61. The second-order valence-corrected chi connectivity index (χ2v) is 5.34. The monoisotopic (exact) mass is 307 g/mol. The predicted octanol–water partition coefficient (Wildman–Crippen LogP) is 5.26. The van der Waals surface area contributed by atoms with Crippen LogP contribution in [0.25, 0.3) is 11.1 Å². The van der Waals surface area contributed by atoms with Crippen LogP contribution in [0.1, 0.15) is 10.4 Å². The number of anilines is 1. The van der Waals surface area contributed by atoms with Crippen LogP contribution in [-0.2, 0) is 0 Å². The topological polar surface area (TPSA) is 29.1 Å². The van der Waals surface area contributed by atoms with Crippen LogP contribution in [0.4, 0.5) is 5.69 Å². The Kier molecular flexibility index (Phi) is 4.22. The van der Waals surface area contributed by atoms with Gasteiger partial charge in [-0.2, -0.15) is 0 Å². The molecule has 1 amide bonds. The molecule has 0 spiro atoms. The van der Waals surface area contributed by atoms with E-state index in [2.05, 4.69) is 17.4 Å². The van der Waals surface area contributed by atoms with E-state index in [0.717, 1.165) is 16.8 Å². The largest absolute Gasteiger partial charge is 0.322 e. The number of benzene rings is 3. The Balaban J connectivity index is 1.73. The number of carbonyl (C=O) groups is 1. The van der Waals surface area contributed by atoms with Gasteiger partial charge < -0.3 is 5.32 Å². The number of hydrogen-bond acceptors (Lipinski definition) is 1. The van der Waals surface area contributed by atoms with Crippen LogP contribution in [0.15, 0.2) is 78.9 Å². The number of hydrogen-bond donors (Lipinski definition) is 1. The van der Waals surface area contributed by atoms with Gasteiger partial charge in [-0.1, -0.05) is 54.1 Å². The molecule has 0 fully saturated rings. The second-order valence-electron chi connectivity index (χ2n) is 4.90. The summed E-state index contributed by atoms with van der Waals surface area (Å²) >= 11 is 5.82. The smallest absolute Gasteiger partial charge is 0.255 e. The minimum atomic E-state index is -0.149. The highest BCUT2D eigenvalue weighted by molar-refractivity contribution is 6.30. The Morgan fingerprint density at radius 2 is 1.32 bits per heavy atom. The standard InChI is InChI=1S/C19H14ClNO/c20-17-10-6-16(7-11-17)19(22)21-18-12-8-15(9-13-18)14-4-2-1-3-5-14/h1-13H,(H,21,22). The molecule has 0 heterocycles. The van der Waals surface area contributed by atoms with Gasteiger partial charge >= 0.3 is 0 Å². The summed E-state index contributed by atoms with van der Waals surface area (Å²) in [5.41, 5.74) is 3.61. The lowest BCUT2D eigenvalue weighted by Crippen LogP contribution is -2.11. The molecule has 0 radical (unpaired) electrons. The highest BCUT2D eigenvalue weighted by Crippen LogP contribution is 2.21. The molecule has 0 atom stereocenters. The summed E-state index contributed by atoms with van der Waals surface area (Å²) in [5.74, 6) is -0.149. The lowest BCUT2D eigenvalue weighted by Gasteiger charge is -2.07. The third-order valence-electron chi connectivity index (χ3n) is 3.36. The zero-order chi connectivity index (χ0) is 15.4. The fourth-order valence-corrected chi connectivity index (χ4v) is 2.31. The molecular formula is C19H14ClNO. The van der Waals surface area contributed by atoms with Gasteiger partial charge in [-0.15, -0.1) is 0 Å². The van der Waals surface area contributed by atoms with E-state index in [4.69, 9.17) is 11.6 Å². The first-order valence-corrected chi connectivity index (χ1v) is 7.32. The molecule has 0 aromatic heterocycles. The van der Waals surface area contributed by atoms with Gasteiger partial charge in [-0.3, -0.25) is 4.79 Å². The van der Waals surface area contributed by atoms with E-state index in [1.807, 2.05) is 42.5 Å². The number of nitrogens with one attached hydrogen (secondary N) is 1. The molecule has 108 valence electrons. The Bertz CT molecular complexity index is 765. The first-order valence-electron chi connectivity index (χ1n) is 6.95. The van der Waals surface area contributed by atoms with E-state index < -0.39 is 0 Å². The summed E-state index contributed by atoms with van der Waals surface area (Å²) in [4.78, 5) is 12.1. The summed E-state index contributed by atoms with van der Waals surface area (Å²) in [5, 5.41) is 3.49. The molecule has 0 aliphatic heterocycles. The van der Waals surface area contributed by atoms with E-state index in [1.54, 1.807) is 24.3 Å². The summed E-state index contributed by atoms with van der Waals surface area (Å²) in [7, 11) is 0. The number of carbonyl (C=O) groups excluding carboxylic acids is 1. The van der Waals surface area contributed by atoms with Gasteiger partial charge in [0, 0.05) is 16.3 Å². The zero-order valence-electron chi connectivity index (χ0n) is 11.8. The molecule has 3 aromatic rings. The van der Waals surface area contributed by atoms with E-state index in [1.165, 1.54) is 0 Å². The van der Waals surface area contributed by atoms with Crippen molar-refractivity contribution in [2.45, 2.75) is 0 Å². The lowest BCUT2D eigenvalue weighted by atomic mass is 10.1. The summed E-state index contributed by atoms with van der Waals surface area (Å²) in [6, 6.07) is 24.7. The zero-order valence-corrected chi connectivity index (χ0v) is 12.5. The van der Waals surface area contributed by atoms with Crippen molar-refractivity contribution in [3.63, 3.8) is 0 Å². The SMILES string of the molecule is O=C(Nc1ccc(-c2ccccc2)cc1)c1ccc(Cl)cc1. The summed E-state index contributed by atoms with van der Waals surface area (Å²) in [6.07, 6.45) is 0. The van der Waals surface area contributed by atoms with Gasteiger partial charge in [-0.05, 0) is 47.5 Å². The molecule has 3 aromatic carbocycles. The predicted molar refractivity (Wildman–Crippen MR) is 91.3 cm³/mol. The quantitative estimate of drug-likeness (QED) is 0.702. The lowest BCUT2D eigenvalue weighted by molar-refractivity contribution is 0.102. The van der Waals surface area contributed by atoms with Gasteiger partial charge in [0.1, 0.15) is 0 Å². The number of amides is 1. The molecule has 0 saturated carbocycles. The first-order chi connectivity index (χ1) is 10.7. The fraction of sp³-hybridized carbons (Fsp3) is 0. The Morgan fingerprint density at radius 3 is 1.95 bits per heavy atom. The number of rotatable bonds is 3. The Labute approximate surface area is 134 Å². The van der Waals surface area contributed by atoms with Crippen molar-refractivity contribution < 1.29 is 4.79 Å². The van der Waals surface area contributed by atoms with Crippen molar-refractivity contribution >= 4 is 23.2 Å². The molecule has 0 saturated heterocycles.